The Hall–Kier alpha value is -1.14. The van der Waals surface area contributed by atoms with Gasteiger partial charge in [0.05, 0.1) is 5.56 Å². The number of carbonyl (C=O) groups excluding carboxylic acids is 2. The lowest BCUT2D eigenvalue weighted by molar-refractivity contribution is -0.121. The summed E-state index contributed by atoms with van der Waals surface area (Å²) in [6, 6.07) is 1.83. The number of nitrogens with zero attached hydrogens (tertiary/aromatic N) is 2. The number of aromatic nitrogens is 1. The fourth-order valence-corrected chi connectivity index (χ4v) is 2.82. The molecule has 2 rings (SSSR count). The molecule has 0 bridgehead atoms. The highest BCUT2D eigenvalue weighted by Crippen LogP contribution is 2.21. The Bertz CT molecular complexity index is 545. The average Bonchev–Trinajstić information content (AvgIpc) is 2.49. The fraction of sp³-hybridized carbons (Fsp3) is 0.500. The molecule has 0 aliphatic carbocycles. The minimum Gasteiger partial charge on any atom is -0.353 e. The Morgan fingerprint density at radius 3 is 2.76 bits per heavy atom. The van der Waals surface area contributed by atoms with Crippen molar-refractivity contribution in [1.29, 1.82) is 0 Å². The molecule has 0 atom stereocenters. The first kappa shape index (κ1) is 16.2. The van der Waals surface area contributed by atoms with Gasteiger partial charge in [0, 0.05) is 36.2 Å². The first-order valence-corrected chi connectivity index (χ1v) is 8.08. The highest BCUT2D eigenvalue weighted by atomic mass is 79.9. The van der Waals surface area contributed by atoms with Crippen LogP contribution in [-0.2, 0) is 4.79 Å². The quantitative estimate of drug-likeness (QED) is 0.827. The summed E-state index contributed by atoms with van der Waals surface area (Å²) in [5.74, 6) is -0.0620. The van der Waals surface area contributed by atoms with Gasteiger partial charge in [-0.05, 0) is 34.8 Å². The van der Waals surface area contributed by atoms with Gasteiger partial charge >= 0.3 is 0 Å². The van der Waals surface area contributed by atoms with Gasteiger partial charge in [0.1, 0.15) is 5.15 Å². The molecule has 21 heavy (non-hydrogen) atoms. The van der Waals surface area contributed by atoms with E-state index in [1.54, 1.807) is 17.2 Å². The summed E-state index contributed by atoms with van der Waals surface area (Å²) in [6.45, 7) is 3.04. The molecule has 1 aromatic rings. The minimum absolute atomic E-state index is 0.0546. The molecule has 7 heteroatoms. The molecule has 114 valence electrons. The summed E-state index contributed by atoms with van der Waals surface area (Å²) in [7, 11) is 0. The van der Waals surface area contributed by atoms with E-state index < -0.39 is 0 Å². The van der Waals surface area contributed by atoms with Crippen LogP contribution in [-0.4, -0.2) is 40.8 Å². The molecule has 1 saturated heterocycles. The third-order valence-electron chi connectivity index (χ3n) is 3.50. The van der Waals surface area contributed by atoms with Crippen molar-refractivity contribution in [3.8, 4) is 0 Å². The third kappa shape index (κ3) is 4.17. The number of pyridine rings is 1. The summed E-state index contributed by atoms with van der Waals surface area (Å²) in [6.07, 6.45) is 3.57. The fourth-order valence-electron chi connectivity index (χ4n) is 2.30. The van der Waals surface area contributed by atoms with E-state index >= 15 is 0 Å². The SMILES string of the molecule is CCC(=O)NC1CCN(C(=O)c2cc(Br)cnc2Cl)CC1. The van der Waals surface area contributed by atoms with Gasteiger partial charge in [-0.3, -0.25) is 9.59 Å². The summed E-state index contributed by atoms with van der Waals surface area (Å²) in [4.78, 5) is 29.6. The van der Waals surface area contributed by atoms with Crippen LogP contribution >= 0.6 is 27.5 Å². The Labute approximate surface area is 137 Å². The molecule has 1 fully saturated rings. The van der Waals surface area contributed by atoms with Crippen molar-refractivity contribution in [3.05, 3.63) is 27.5 Å². The van der Waals surface area contributed by atoms with Crippen molar-refractivity contribution >= 4 is 39.3 Å². The van der Waals surface area contributed by atoms with E-state index in [1.165, 1.54) is 0 Å². The zero-order valence-corrected chi connectivity index (χ0v) is 14.1. The van der Waals surface area contributed by atoms with Gasteiger partial charge in [0.2, 0.25) is 5.91 Å². The van der Waals surface area contributed by atoms with Crippen LogP contribution in [0.3, 0.4) is 0 Å². The first-order valence-electron chi connectivity index (χ1n) is 6.91. The van der Waals surface area contributed by atoms with Crippen LogP contribution in [0.5, 0.6) is 0 Å². The van der Waals surface area contributed by atoms with Gasteiger partial charge < -0.3 is 10.2 Å². The van der Waals surface area contributed by atoms with Crippen LogP contribution < -0.4 is 5.32 Å². The maximum absolute atomic E-state index is 12.5. The number of piperidine rings is 1. The Balaban J connectivity index is 1.97. The smallest absolute Gasteiger partial charge is 0.257 e. The van der Waals surface area contributed by atoms with Crippen molar-refractivity contribution in [2.45, 2.75) is 32.2 Å². The van der Waals surface area contributed by atoms with Crippen LogP contribution in [0.4, 0.5) is 0 Å². The molecule has 2 heterocycles. The number of hydrogen-bond acceptors (Lipinski definition) is 3. The zero-order chi connectivity index (χ0) is 15.4. The number of rotatable bonds is 3. The maximum atomic E-state index is 12.5. The van der Waals surface area contributed by atoms with E-state index in [4.69, 9.17) is 11.6 Å². The summed E-state index contributed by atoms with van der Waals surface area (Å²) in [5, 5.41) is 3.18. The second-order valence-corrected chi connectivity index (χ2v) is 6.25. The van der Waals surface area contributed by atoms with Crippen LogP contribution in [0, 0.1) is 0 Å². The molecule has 1 aliphatic heterocycles. The van der Waals surface area contributed by atoms with Gasteiger partial charge in [0.15, 0.2) is 0 Å². The van der Waals surface area contributed by atoms with Crippen LogP contribution in [0.15, 0.2) is 16.7 Å². The lowest BCUT2D eigenvalue weighted by Gasteiger charge is -2.32. The highest BCUT2D eigenvalue weighted by Gasteiger charge is 2.25. The van der Waals surface area contributed by atoms with E-state index in [9.17, 15) is 9.59 Å². The topological polar surface area (TPSA) is 62.3 Å². The van der Waals surface area contributed by atoms with E-state index in [1.807, 2.05) is 6.92 Å². The van der Waals surface area contributed by atoms with Crippen LogP contribution in [0.2, 0.25) is 5.15 Å². The highest BCUT2D eigenvalue weighted by molar-refractivity contribution is 9.10. The van der Waals surface area contributed by atoms with Gasteiger partial charge in [-0.15, -0.1) is 0 Å². The number of halogens is 2. The van der Waals surface area contributed by atoms with E-state index in [-0.39, 0.29) is 23.0 Å². The molecule has 0 aromatic carbocycles. The monoisotopic (exact) mass is 373 g/mol. The Kier molecular flexibility index (Phi) is 5.58. The largest absolute Gasteiger partial charge is 0.353 e. The number of nitrogens with one attached hydrogen (secondary N) is 1. The second kappa shape index (κ2) is 7.22. The van der Waals surface area contributed by atoms with Crippen molar-refractivity contribution in [1.82, 2.24) is 15.2 Å². The van der Waals surface area contributed by atoms with Gasteiger partial charge in [0.25, 0.3) is 5.91 Å². The van der Waals surface area contributed by atoms with Gasteiger partial charge in [-0.25, -0.2) is 4.98 Å². The molecule has 2 amide bonds. The lowest BCUT2D eigenvalue weighted by Crippen LogP contribution is -2.46. The Morgan fingerprint density at radius 2 is 2.14 bits per heavy atom. The lowest BCUT2D eigenvalue weighted by atomic mass is 10.0. The van der Waals surface area contributed by atoms with E-state index in [2.05, 4.69) is 26.2 Å². The third-order valence-corrected chi connectivity index (χ3v) is 4.24. The molecule has 1 N–H and O–H groups in total. The molecule has 0 saturated carbocycles. The molecule has 0 spiro atoms. The predicted molar refractivity (Wildman–Crippen MR) is 84.3 cm³/mol. The molecular weight excluding hydrogens is 358 g/mol. The van der Waals surface area contributed by atoms with Crippen LogP contribution in [0.25, 0.3) is 0 Å². The molecule has 0 unspecified atom stereocenters. The van der Waals surface area contributed by atoms with E-state index in [0.29, 0.717) is 25.1 Å². The maximum Gasteiger partial charge on any atom is 0.257 e. The molecule has 5 nitrogen and oxygen atoms in total. The predicted octanol–water partition coefficient (Wildman–Crippen LogP) is 2.63. The first-order chi connectivity index (χ1) is 10.0. The van der Waals surface area contributed by atoms with Gasteiger partial charge in [-0.2, -0.15) is 0 Å². The summed E-state index contributed by atoms with van der Waals surface area (Å²) < 4.78 is 0.723. The summed E-state index contributed by atoms with van der Waals surface area (Å²) >= 11 is 9.28. The van der Waals surface area contributed by atoms with Crippen molar-refractivity contribution in [2.24, 2.45) is 0 Å². The van der Waals surface area contributed by atoms with Crippen molar-refractivity contribution in [2.75, 3.05) is 13.1 Å². The number of amides is 2. The zero-order valence-electron chi connectivity index (χ0n) is 11.7. The molecular formula is C14H17BrClN3O2. The average molecular weight is 375 g/mol. The number of likely N-dealkylation sites (tertiary alicyclic amines) is 1. The summed E-state index contributed by atoms with van der Waals surface area (Å²) in [5.41, 5.74) is 0.405. The van der Waals surface area contributed by atoms with Crippen molar-refractivity contribution < 1.29 is 9.59 Å². The molecule has 0 radical (unpaired) electrons. The normalized spacial score (nSPS) is 15.9. The number of carbonyl (C=O) groups is 2. The van der Waals surface area contributed by atoms with Gasteiger partial charge in [-0.1, -0.05) is 18.5 Å². The van der Waals surface area contributed by atoms with E-state index in [0.717, 1.165) is 17.3 Å². The standard InChI is InChI=1S/C14H17BrClN3O2/c1-2-12(20)18-10-3-5-19(6-4-10)14(21)11-7-9(15)8-17-13(11)16/h7-8,10H,2-6H2,1H3,(H,18,20). The molecule has 1 aliphatic rings. The Morgan fingerprint density at radius 1 is 1.48 bits per heavy atom. The minimum atomic E-state index is -0.117. The van der Waals surface area contributed by atoms with Crippen LogP contribution in [0.1, 0.15) is 36.5 Å². The molecule has 1 aromatic heterocycles. The second-order valence-electron chi connectivity index (χ2n) is 4.98. The number of hydrogen-bond donors (Lipinski definition) is 1. The van der Waals surface area contributed by atoms with Crippen molar-refractivity contribution in [3.63, 3.8) is 0 Å².